The lowest BCUT2D eigenvalue weighted by Crippen LogP contribution is -2.47. The Morgan fingerprint density at radius 1 is 0.833 bits per heavy atom. The van der Waals surface area contributed by atoms with Crippen LogP contribution in [-0.2, 0) is 0 Å². The molecule has 0 N–H and O–H groups in total. The summed E-state index contributed by atoms with van der Waals surface area (Å²) in [6, 6.07) is 0. The van der Waals surface area contributed by atoms with Crippen LogP contribution in [0.25, 0.3) is 0 Å². The molecule has 0 nitrogen and oxygen atoms in total. The van der Waals surface area contributed by atoms with E-state index < -0.39 is 0 Å². The van der Waals surface area contributed by atoms with Gasteiger partial charge in [0.05, 0.1) is 2.75 Å². The maximum atomic E-state index is 2.84. The first-order valence-electron chi connectivity index (χ1n) is 8.11. The molecule has 4 aliphatic rings. The van der Waals surface area contributed by atoms with E-state index in [0.29, 0.717) is 2.75 Å². The Hall–Kier alpha value is 1.08. The number of thioether (sulfide) groups is 1. The van der Waals surface area contributed by atoms with Crippen LogP contribution in [0.15, 0.2) is 0 Å². The third kappa shape index (κ3) is 1.91. The molecule has 2 heteroatoms. The predicted octanol–water partition coefficient (Wildman–Crippen LogP) is 5.50. The van der Waals surface area contributed by atoms with E-state index >= 15 is 0 Å². The first-order chi connectivity index (χ1) is 8.78. The van der Waals surface area contributed by atoms with E-state index in [9.17, 15) is 0 Å². The summed E-state index contributed by atoms with van der Waals surface area (Å²) in [6.45, 7) is 0. The van der Waals surface area contributed by atoms with Gasteiger partial charge in [-0.05, 0) is 73.9 Å². The molecular weight excluding hydrogens is 351 g/mol. The highest BCUT2D eigenvalue weighted by atomic mass is 127. The average molecular weight is 376 g/mol. The van der Waals surface area contributed by atoms with Gasteiger partial charge in [-0.1, -0.05) is 41.9 Å². The van der Waals surface area contributed by atoms with Crippen LogP contribution in [0.1, 0.15) is 57.8 Å². The first kappa shape index (κ1) is 12.8. The quantitative estimate of drug-likeness (QED) is 0.398. The van der Waals surface area contributed by atoms with Gasteiger partial charge in [0, 0.05) is 0 Å². The minimum atomic E-state index is 0.653. The zero-order chi connectivity index (χ0) is 12.2. The van der Waals surface area contributed by atoms with E-state index in [2.05, 4.69) is 34.4 Å². The van der Waals surface area contributed by atoms with E-state index in [4.69, 9.17) is 0 Å². The molecule has 0 spiro atoms. The van der Waals surface area contributed by atoms with Crippen LogP contribution in [0.4, 0.5) is 0 Å². The van der Waals surface area contributed by atoms with Gasteiger partial charge < -0.3 is 0 Å². The highest BCUT2D eigenvalue weighted by molar-refractivity contribution is 14.1. The molecule has 0 radical (unpaired) electrons. The van der Waals surface area contributed by atoms with Gasteiger partial charge in [0.2, 0.25) is 0 Å². The molecule has 3 saturated carbocycles. The lowest BCUT2D eigenvalue weighted by atomic mass is 9.55. The lowest BCUT2D eigenvalue weighted by molar-refractivity contribution is -0.00122. The van der Waals surface area contributed by atoms with Crippen molar-refractivity contribution in [3.8, 4) is 0 Å². The Morgan fingerprint density at radius 2 is 1.72 bits per heavy atom. The molecule has 0 aromatic rings. The van der Waals surface area contributed by atoms with Crippen molar-refractivity contribution < 1.29 is 0 Å². The molecule has 0 bridgehead atoms. The topological polar surface area (TPSA) is 0 Å². The molecule has 102 valence electrons. The highest BCUT2D eigenvalue weighted by Crippen LogP contribution is 2.64. The zero-order valence-electron chi connectivity index (χ0n) is 11.2. The average Bonchev–Trinajstić information content (AvgIpc) is 2.80. The largest absolute Gasteiger partial charge is 0.144 e. The van der Waals surface area contributed by atoms with Crippen LogP contribution in [-0.4, -0.2) is 8.51 Å². The van der Waals surface area contributed by atoms with Crippen molar-refractivity contribution in [2.75, 3.05) is 5.75 Å². The Balaban J connectivity index is 1.59. The molecule has 6 unspecified atom stereocenters. The molecule has 6 atom stereocenters. The van der Waals surface area contributed by atoms with Gasteiger partial charge in [-0.25, -0.2) is 0 Å². The summed E-state index contributed by atoms with van der Waals surface area (Å²) in [4.78, 5) is 0. The monoisotopic (exact) mass is 376 g/mol. The Kier molecular flexibility index (Phi) is 3.43. The van der Waals surface area contributed by atoms with E-state index in [0.717, 1.165) is 29.6 Å². The van der Waals surface area contributed by atoms with Crippen molar-refractivity contribution in [1.82, 2.24) is 0 Å². The number of alkyl halides is 1. The van der Waals surface area contributed by atoms with Crippen LogP contribution in [0.3, 0.4) is 0 Å². The van der Waals surface area contributed by atoms with E-state index in [-0.39, 0.29) is 0 Å². The van der Waals surface area contributed by atoms with Gasteiger partial charge in [0.15, 0.2) is 0 Å². The van der Waals surface area contributed by atoms with Crippen LogP contribution in [0.5, 0.6) is 0 Å². The molecular formula is C16H25IS. The third-order valence-corrected chi connectivity index (χ3v) is 10.3. The number of rotatable bonds is 0. The fraction of sp³-hybridized carbons (Fsp3) is 1.00. The summed E-state index contributed by atoms with van der Waals surface area (Å²) in [5.41, 5.74) is 0. The van der Waals surface area contributed by atoms with Crippen molar-refractivity contribution in [1.29, 1.82) is 0 Å². The summed E-state index contributed by atoms with van der Waals surface area (Å²) in [5.74, 6) is 7.05. The minimum Gasteiger partial charge on any atom is -0.144 e. The minimum absolute atomic E-state index is 0.653. The lowest BCUT2D eigenvalue weighted by Gasteiger charge is -2.53. The summed E-state index contributed by atoms with van der Waals surface area (Å²) in [5, 5.41) is 0. The van der Waals surface area contributed by atoms with Crippen LogP contribution < -0.4 is 0 Å². The van der Waals surface area contributed by atoms with Gasteiger partial charge in [-0.2, -0.15) is 0 Å². The first-order valence-corrected chi connectivity index (χ1v) is 10.2. The Bertz CT molecular complexity index is 331. The van der Waals surface area contributed by atoms with E-state index in [1.807, 2.05) is 0 Å². The van der Waals surface area contributed by atoms with Gasteiger partial charge in [-0.15, -0.1) is 11.8 Å². The third-order valence-electron chi connectivity index (χ3n) is 6.60. The van der Waals surface area contributed by atoms with E-state index in [1.54, 1.807) is 38.5 Å². The van der Waals surface area contributed by atoms with Crippen molar-refractivity contribution in [3.63, 3.8) is 0 Å². The molecule has 4 fully saturated rings. The Morgan fingerprint density at radius 3 is 2.67 bits per heavy atom. The molecule has 1 heterocycles. The van der Waals surface area contributed by atoms with Crippen LogP contribution >= 0.6 is 34.4 Å². The summed E-state index contributed by atoms with van der Waals surface area (Å²) < 4.78 is 0.653. The fourth-order valence-electron chi connectivity index (χ4n) is 5.86. The number of hydrogen-bond donors (Lipinski definition) is 0. The highest BCUT2D eigenvalue weighted by Gasteiger charge is 2.54. The number of halogens is 1. The number of fused-ring (bicyclic) bond motifs is 5. The SMILES string of the molecule is IC12CCC3C4CCCCC4CCC3C1CCS2. The van der Waals surface area contributed by atoms with Crippen LogP contribution in [0.2, 0.25) is 0 Å². The molecule has 4 rings (SSSR count). The van der Waals surface area contributed by atoms with Crippen molar-refractivity contribution >= 4 is 34.4 Å². The predicted molar refractivity (Wildman–Crippen MR) is 88.2 cm³/mol. The summed E-state index contributed by atoms with van der Waals surface area (Å²) in [7, 11) is 0. The van der Waals surface area contributed by atoms with Crippen LogP contribution in [0, 0.1) is 29.6 Å². The molecule has 18 heavy (non-hydrogen) atoms. The normalized spacial score (nSPS) is 55.5. The molecule has 0 aromatic heterocycles. The van der Waals surface area contributed by atoms with Gasteiger partial charge in [0.1, 0.15) is 0 Å². The second kappa shape index (κ2) is 4.82. The molecule has 0 aromatic carbocycles. The van der Waals surface area contributed by atoms with Gasteiger partial charge in [-0.3, -0.25) is 0 Å². The second-order valence-electron chi connectivity index (χ2n) is 7.18. The van der Waals surface area contributed by atoms with Crippen molar-refractivity contribution in [2.45, 2.75) is 60.5 Å². The standard InChI is InChI=1S/C16H25IS/c17-16-9-7-13-12-4-2-1-3-11(12)5-6-14(13)15(16)8-10-18-16/h11-15H,1-10H2. The van der Waals surface area contributed by atoms with Crippen molar-refractivity contribution in [3.05, 3.63) is 0 Å². The smallest absolute Gasteiger partial charge is 0.0704 e. The molecule has 1 saturated heterocycles. The van der Waals surface area contributed by atoms with Gasteiger partial charge in [0.25, 0.3) is 0 Å². The van der Waals surface area contributed by atoms with Gasteiger partial charge >= 0.3 is 0 Å². The fourth-order valence-corrected chi connectivity index (χ4v) is 9.08. The summed E-state index contributed by atoms with van der Waals surface area (Å²) >= 11 is 5.14. The maximum Gasteiger partial charge on any atom is 0.0704 e. The maximum absolute atomic E-state index is 2.84. The summed E-state index contributed by atoms with van der Waals surface area (Å²) in [6.07, 6.45) is 14.0. The zero-order valence-corrected chi connectivity index (χ0v) is 14.2. The second-order valence-corrected chi connectivity index (χ2v) is 11.3. The van der Waals surface area contributed by atoms with Crippen molar-refractivity contribution in [2.24, 2.45) is 29.6 Å². The molecule has 3 aliphatic carbocycles. The number of hydrogen-bond acceptors (Lipinski definition) is 1. The Labute approximate surface area is 130 Å². The van der Waals surface area contributed by atoms with E-state index in [1.165, 1.54) is 25.0 Å². The molecule has 1 aliphatic heterocycles. The molecule has 0 amide bonds.